The molecule has 0 amide bonds. The lowest BCUT2D eigenvalue weighted by atomic mass is 10.1. The van der Waals surface area contributed by atoms with E-state index in [2.05, 4.69) is 22.9 Å². The van der Waals surface area contributed by atoms with Gasteiger partial charge in [-0.15, -0.1) is 0 Å². The lowest BCUT2D eigenvalue weighted by Gasteiger charge is -2.15. The summed E-state index contributed by atoms with van der Waals surface area (Å²) in [6.45, 7) is 3.55. The number of ether oxygens (including phenoxy) is 2. The van der Waals surface area contributed by atoms with E-state index in [1.165, 1.54) is 12.8 Å². The van der Waals surface area contributed by atoms with E-state index in [-0.39, 0.29) is 0 Å². The maximum Gasteiger partial charge on any atom is 0.145 e. The molecule has 0 heterocycles. The van der Waals surface area contributed by atoms with Crippen molar-refractivity contribution < 1.29 is 9.47 Å². The van der Waals surface area contributed by atoms with Crippen LogP contribution in [0.4, 0.5) is 0 Å². The molecule has 120 valence electrons. The number of unbranched alkanes of at least 4 members (excludes halogenated alkanes) is 2. The van der Waals surface area contributed by atoms with Crippen LogP contribution in [0.25, 0.3) is 10.8 Å². The van der Waals surface area contributed by atoms with Crippen LogP contribution in [0.2, 0.25) is 5.02 Å². The van der Waals surface area contributed by atoms with Crippen LogP contribution in [0.1, 0.15) is 32.6 Å². The zero-order valence-electron chi connectivity index (χ0n) is 12.9. The maximum atomic E-state index is 6.42. The van der Waals surface area contributed by atoms with Gasteiger partial charge in [0.1, 0.15) is 11.5 Å². The van der Waals surface area contributed by atoms with E-state index in [0.29, 0.717) is 18.2 Å². The van der Waals surface area contributed by atoms with Crippen LogP contribution >= 0.6 is 27.5 Å². The first-order chi connectivity index (χ1) is 10.8. The van der Waals surface area contributed by atoms with Crippen molar-refractivity contribution in [3.05, 3.63) is 35.4 Å². The number of halogens is 2. The molecule has 0 saturated heterocycles. The summed E-state index contributed by atoms with van der Waals surface area (Å²) >= 11 is 9.83. The van der Waals surface area contributed by atoms with Crippen molar-refractivity contribution >= 4 is 38.3 Å². The van der Waals surface area contributed by atoms with Crippen LogP contribution in [0, 0.1) is 0 Å². The molecule has 2 nitrogen and oxygen atoms in total. The largest absolute Gasteiger partial charge is 0.493 e. The molecule has 4 heteroatoms. The van der Waals surface area contributed by atoms with Gasteiger partial charge in [-0.3, -0.25) is 0 Å². The van der Waals surface area contributed by atoms with Gasteiger partial charge in [-0.2, -0.15) is 0 Å². The van der Waals surface area contributed by atoms with Gasteiger partial charge in [0.05, 0.1) is 18.2 Å². The first kappa shape index (κ1) is 17.4. The third kappa shape index (κ3) is 4.53. The number of rotatable bonds is 9. The molecule has 0 aliphatic heterocycles. The average molecular weight is 386 g/mol. The molecule has 0 saturated carbocycles. The third-order valence-electron chi connectivity index (χ3n) is 3.44. The molecule has 2 rings (SSSR count). The van der Waals surface area contributed by atoms with Crippen LogP contribution in [-0.4, -0.2) is 18.5 Å². The van der Waals surface area contributed by atoms with Gasteiger partial charge in [0.15, 0.2) is 0 Å². The van der Waals surface area contributed by atoms with Crippen molar-refractivity contribution in [3.8, 4) is 11.5 Å². The van der Waals surface area contributed by atoms with Crippen molar-refractivity contribution in [3.63, 3.8) is 0 Å². The summed E-state index contributed by atoms with van der Waals surface area (Å²) in [6, 6.07) is 9.96. The highest BCUT2D eigenvalue weighted by molar-refractivity contribution is 9.09. The summed E-state index contributed by atoms with van der Waals surface area (Å²) in [6.07, 6.45) is 4.35. The quantitative estimate of drug-likeness (QED) is 0.376. The van der Waals surface area contributed by atoms with Crippen molar-refractivity contribution in [1.29, 1.82) is 0 Å². The molecule has 0 fully saturated rings. The lowest BCUT2D eigenvalue weighted by Crippen LogP contribution is -2.01. The number of hydrogen-bond acceptors (Lipinski definition) is 2. The minimum Gasteiger partial charge on any atom is -0.493 e. The van der Waals surface area contributed by atoms with E-state index in [1.807, 2.05) is 30.3 Å². The fraction of sp³-hybridized carbons (Fsp3) is 0.444. The average Bonchev–Trinajstić information content (AvgIpc) is 2.54. The summed E-state index contributed by atoms with van der Waals surface area (Å²) in [4.78, 5) is 0. The Morgan fingerprint density at radius 1 is 1.00 bits per heavy atom. The maximum absolute atomic E-state index is 6.42. The molecule has 0 aliphatic carbocycles. The van der Waals surface area contributed by atoms with Crippen LogP contribution in [0.5, 0.6) is 11.5 Å². The van der Waals surface area contributed by atoms with Gasteiger partial charge in [-0.1, -0.05) is 71.6 Å². The minimum absolute atomic E-state index is 0.615. The van der Waals surface area contributed by atoms with Crippen LogP contribution < -0.4 is 9.47 Å². The summed E-state index contributed by atoms with van der Waals surface area (Å²) in [5.41, 5.74) is 0. The van der Waals surface area contributed by atoms with Gasteiger partial charge >= 0.3 is 0 Å². The summed E-state index contributed by atoms with van der Waals surface area (Å²) in [5, 5.41) is 3.61. The molecule has 22 heavy (non-hydrogen) atoms. The number of alkyl halides is 1. The predicted molar refractivity (Wildman–Crippen MR) is 97.9 cm³/mol. The Labute approximate surface area is 145 Å². The Hall–Kier alpha value is -0.930. The molecule has 0 aliphatic rings. The molecule has 2 aromatic carbocycles. The molecule has 0 unspecified atom stereocenters. The van der Waals surface area contributed by atoms with Gasteiger partial charge < -0.3 is 9.47 Å². The smallest absolute Gasteiger partial charge is 0.145 e. The van der Waals surface area contributed by atoms with Gasteiger partial charge in [-0.25, -0.2) is 0 Å². The molecule has 0 bridgehead atoms. The normalized spacial score (nSPS) is 10.9. The Balaban J connectivity index is 2.25. The van der Waals surface area contributed by atoms with Crippen LogP contribution in [-0.2, 0) is 0 Å². The van der Waals surface area contributed by atoms with E-state index in [9.17, 15) is 0 Å². The fourth-order valence-electron chi connectivity index (χ4n) is 2.31. The van der Waals surface area contributed by atoms with E-state index in [4.69, 9.17) is 21.1 Å². The second kappa shape index (κ2) is 9.26. The highest BCUT2D eigenvalue weighted by Gasteiger charge is 2.13. The number of fused-ring (bicyclic) bond motifs is 1. The first-order valence-corrected chi connectivity index (χ1v) is 9.30. The lowest BCUT2D eigenvalue weighted by molar-refractivity contribution is 0.307. The molecule has 0 atom stereocenters. The number of hydrogen-bond donors (Lipinski definition) is 0. The van der Waals surface area contributed by atoms with E-state index < -0.39 is 0 Å². The minimum atomic E-state index is 0.615. The summed E-state index contributed by atoms with van der Waals surface area (Å²) in [5.74, 6) is 1.59. The Morgan fingerprint density at radius 3 is 2.45 bits per heavy atom. The highest BCUT2D eigenvalue weighted by atomic mass is 79.9. The second-order valence-corrected chi connectivity index (χ2v) is 6.38. The SMILES string of the molecule is CCCCCOc1c(Cl)cc(OCCCBr)c2ccccc12. The molecule has 0 spiro atoms. The Morgan fingerprint density at radius 2 is 1.73 bits per heavy atom. The van der Waals surface area contributed by atoms with Crippen molar-refractivity contribution in [2.75, 3.05) is 18.5 Å². The first-order valence-electron chi connectivity index (χ1n) is 7.80. The van der Waals surface area contributed by atoms with Crippen LogP contribution in [0.3, 0.4) is 0 Å². The molecular formula is C18H22BrClO2. The van der Waals surface area contributed by atoms with Crippen molar-refractivity contribution in [2.45, 2.75) is 32.6 Å². The molecule has 0 aromatic heterocycles. The molecule has 0 N–H and O–H groups in total. The van der Waals surface area contributed by atoms with Gasteiger partial charge in [-0.05, 0) is 12.8 Å². The van der Waals surface area contributed by atoms with Gasteiger partial charge in [0.25, 0.3) is 0 Å². The summed E-state index contributed by atoms with van der Waals surface area (Å²) in [7, 11) is 0. The van der Waals surface area contributed by atoms with E-state index >= 15 is 0 Å². The molecular weight excluding hydrogens is 364 g/mol. The molecule has 0 radical (unpaired) electrons. The Kier molecular flexibility index (Phi) is 7.34. The fourth-order valence-corrected chi connectivity index (χ4v) is 2.80. The standard InChI is InChI=1S/C18H22BrClO2/c1-2-3-6-11-22-18-15-9-5-4-8-14(15)17(13-16(18)20)21-12-7-10-19/h4-5,8-9,13H,2-3,6-7,10-12H2,1H3. The Bertz CT molecular complexity index is 601. The number of benzene rings is 2. The highest BCUT2D eigenvalue weighted by Crippen LogP contribution is 2.39. The van der Waals surface area contributed by atoms with Crippen LogP contribution in [0.15, 0.2) is 30.3 Å². The second-order valence-electron chi connectivity index (χ2n) is 5.18. The van der Waals surface area contributed by atoms with Crippen molar-refractivity contribution in [2.24, 2.45) is 0 Å². The topological polar surface area (TPSA) is 18.5 Å². The zero-order chi connectivity index (χ0) is 15.8. The predicted octanol–water partition coefficient (Wildman–Crippen LogP) is 6.23. The molecule has 2 aromatic rings. The summed E-state index contributed by atoms with van der Waals surface area (Å²) < 4.78 is 11.8. The monoisotopic (exact) mass is 384 g/mol. The van der Waals surface area contributed by atoms with Gasteiger partial charge in [0.2, 0.25) is 0 Å². The van der Waals surface area contributed by atoms with E-state index in [1.54, 1.807) is 0 Å². The van der Waals surface area contributed by atoms with Gasteiger partial charge in [0, 0.05) is 22.2 Å². The zero-order valence-corrected chi connectivity index (χ0v) is 15.3. The third-order valence-corrected chi connectivity index (χ3v) is 4.28. The van der Waals surface area contributed by atoms with Crippen molar-refractivity contribution in [1.82, 2.24) is 0 Å². The van der Waals surface area contributed by atoms with E-state index in [0.717, 1.165) is 40.4 Å².